The molecule has 20 heavy (non-hydrogen) atoms. The van der Waals surface area contributed by atoms with Gasteiger partial charge in [0, 0.05) is 17.8 Å². The fraction of sp³-hybridized carbons (Fsp3) is 0.400. The average Bonchev–Trinajstić information content (AvgIpc) is 2.49. The van der Waals surface area contributed by atoms with Crippen molar-refractivity contribution in [2.75, 3.05) is 0 Å². The Morgan fingerprint density at radius 3 is 2.80 bits per heavy atom. The summed E-state index contributed by atoms with van der Waals surface area (Å²) in [5.41, 5.74) is -0.118. The van der Waals surface area contributed by atoms with Crippen molar-refractivity contribution in [2.24, 2.45) is 0 Å². The van der Waals surface area contributed by atoms with Crippen molar-refractivity contribution in [3.05, 3.63) is 40.8 Å². The molecular formula is C15H19N3O2. The average molecular weight is 273 g/mol. The molecule has 0 aliphatic rings. The molecule has 1 aromatic carbocycles. The maximum absolute atomic E-state index is 12.3. The van der Waals surface area contributed by atoms with E-state index >= 15 is 0 Å². The number of hydrogen-bond donors (Lipinski definition) is 1. The molecule has 0 saturated heterocycles. The highest BCUT2D eigenvalue weighted by atomic mass is 16.1. The Morgan fingerprint density at radius 2 is 2.10 bits per heavy atom. The summed E-state index contributed by atoms with van der Waals surface area (Å²) < 4.78 is 1.42. The zero-order chi connectivity index (χ0) is 14.5. The van der Waals surface area contributed by atoms with E-state index in [4.69, 9.17) is 0 Å². The summed E-state index contributed by atoms with van der Waals surface area (Å²) >= 11 is 0. The standard InChI is InChI=1S/C15H19N3O2/c1-3-12(17-14(19)4-2)10-18-15(20)13-8-6-5-7-11(13)9-16-18/h5-9,12H,3-4,10H2,1-2H3,(H,17,19)/t12-/m1/s1. The SMILES string of the molecule is CCC(=O)N[C@H](CC)Cn1ncc2ccccc2c1=O. The van der Waals surface area contributed by atoms with Crippen LogP contribution in [-0.4, -0.2) is 21.7 Å². The van der Waals surface area contributed by atoms with Crippen LogP contribution in [0.2, 0.25) is 0 Å². The number of carbonyl (C=O) groups is 1. The molecule has 0 radical (unpaired) electrons. The molecule has 1 atom stereocenters. The van der Waals surface area contributed by atoms with Crippen molar-refractivity contribution in [2.45, 2.75) is 39.3 Å². The van der Waals surface area contributed by atoms with Gasteiger partial charge in [0.1, 0.15) is 0 Å². The molecule has 2 rings (SSSR count). The van der Waals surface area contributed by atoms with Gasteiger partial charge in [0.05, 0.1) is 18.1 Å². The quantitative estimate of drug-likeness (QED) is 0.901. The first-order chi connectivity index (χ1) is 9.65. The number of amides is 1. The number of rotatable bonds is 5. The number of benzene rings is 1. The van der Waals surface area contributed by atoms with Crippen molar-refractivity contribution in [3.63, 3.8) is 0 Å². The van der Waals surface area contributed by atoms with E-state index in [0.717, 1.165) is 11.8 Å². The monoisotopic (exact) mass is 273 g/mol. The van der Waals surface area contributed by atoms with Crippen LogP contribution in [0.3, 0.4) is 0 Å². The molecule has 1 heterocycles. The van der Waals surface area contributed by atoms with Gasteiger partial charge >= 0.3 is 0 Å². The van der Waals surface area contributed by atoms with Crippen molar-refractivity contribution in [1.29, 1.82) is 0 Å². The van der Waals surface area contributed by atoms with Crippen LogP contribution in [0.5, 0.6) is 0 Å². The smallest absolute Gasteiger partial charge is 0.274 e. The molecule has 0 aliphatic heterocycles. The zero-order valence-corrected chi connectivity index (χ0v) is 11.8. The number of fused-ring (bicyclic) bond motifs is 1. The van der Waals surface area contributed by atoms with Gasteiger partial charge in [-0.05, 0) is 12.5 Å². The van der Waals surface area contributed by atoms with E-state index < -0.39 is 0 Å². The summed E-state index contributed by atoms with van der Waals surface area (Å²) in [6.45, 7) is 4.18. The molecule has 106 valence electrons. The molecule has 0 unspecified atom stereocenters. The Morgan fingerprint density at radius 1 is 1.35 bits per heavy atom. The van der Waals surface area contributed by atoms with Crippen molar-refractivity contribution in [1.82, 2.24) is 15.1 Å². The Kier molecular flexibility index (Phi) is 4.50. The third kappa shape index (κ3) is 3.04. The summed E-state index contributed by atoms with van der Waals surface area (Å²) in [6, 6.07) is 7.30. The predicted molar refractivity (Wildman–Crippen MR) is 78.5 cm³/mol. The van der Waals surface area contributed by atoms with Gasteiger partial charge < -0.3 is 5.32 Å². The minimum Gasteiger partial charge on any atom is -0.352 e. The molecular weight excluding hydrogens is 254 g/mol. The van der Waals surface area contributed by atoms with E-state index in [-0.39, 0.29) is 17.5 Å². The van der Waals surface area contributed by atoms with Crippen LogP contribution in [0, 0.1) is 0 Å². The highest BCUT2D eigenvalue weighted by Crippen LogP contribution is 2.06. The maximum Gasteiger partial charge on any atom is 0.274 e. The van der Waals surface area contributed by atoms with Crippen LogP contribution < -0.4 is 10.9 Å². The summed E-state index contributed by atoms with van der Waals surface area (Å²) in [6.07, 6.45) is 2.88. The van der Waals surface area contributed by atoms with E-state index in [1.165, 1.54) is 4.68 Å². The lowest BCUT2D eigenvalue weighted by molar-refractivity contribution is -0.121. The summed E-state index contributed by atoms with van der Waals surface area (Å²) in [5.74, 6) is -0.00862. The third-order valence-electron chi connectivity index (χ3n) is 3.33. The first-order valence-corrected chi connectivity index (χ1v) is 6.90. The van der Waals surface area contributed by atoms with E-state index in [1.807, 2.05) is 32.0 Å². The molecule has 5 nitrogen and oxygen atoms in total. The van der Waals surface area contributed by atoms with Crippen molar-refractivity contribution in [3.8, 4) is 0 Å². The van der Waals surface area contributed by atoms with Crippen molar-refractivity contribution >= 4 is 16.7 Å². The molecule has 0 spiro atoms. The molecule has 1 N–H and O–H groups in total. The second kappa shape index (κ2) is 6.32. The first-order valence-electron chi connectivity index (χ1n) is 6.90. The van der Waals surface area contributed by atoms with Gasteiger partial charge in [-0.1, -0.05) is 32.0 Å². The lowest BCUT2D eigenvalue weighted by Gasteiger charge is -2.17. The number of carbonyl (C=O) groups excluding carboxylic acids is 1. The van der Waals surface area contributed by atoms with Crippen molar-refractivity contribution < 1.29 is 4.79 Å². The van der Waals surface area contributed by atoms with E-state index in [0.29, 0.717) is 18.4 Å². The number of aromatic nitrogens is 2. The van der Waals surface area contributed by atoms with Gasteiger partial charge in [-0.25, -0.2) is 4.68 Å². The van der Waals surface area contributed by atoms with Crippen LogP contribution in [0.25, 0.3) is 10.8 Å². The van der Waals surface area contributed by atoms with Gasteiger partial charge in [-0.15, -0.1) is 0 Å². The largest absolute Gasteiger partial charge is 0.352 e. The van der Waals surface area contributed by atoms with Gasteiger partial charge in [0.2, 0.25) is 5.91 Å². The Labute approximate surface area is 117 Å². The third-order valence-corrected chi connectivity index (χ3v) is 3.33. The highest BCUT2D eigenvalue weighted by Gasteiger charge is 2.12. The lowest BCUT2D eigenvalue weighted by atomic mass is 10.2. The molecule has 0 fully saturated rings. The number of nitrogens with zero attached hydrogens (tertiary/aromatic N) is 2. The van der Waals surface area contributed by atoms with E-state index in [9.17, 15) is 9.59 Å². The molecule has 2 aromatic rings. The summed E-state index contributed by atoms with van der Waals surface area (Å²) in [7, 11) is 0. The molecule has 0 aliphatic carbocycles. The topological polar surface area (TPSA) is 64.0 Å². The molecule has 5 heteroatoms. The van der Waals surface area contributed by atoms with Crippen LogP contribution in [-0.2, 0) is 11.3 Å². The van der Waals surface area contributed by atoms with Gasteiger partial charge in [0.25, 0.3) is 5.56 Å². The second-order valence-corrected chi connectivity index (χ2v) is 4.75. The Bertz CT molecular complexity index is 663. The predicted octanol–water partition coefficient (Wildman–Crippen LogP) is 1.70. The fourth-order valence-corrected chi connectivity index (χ4v) is 2.07. The van der Waals surface area contributed by atoms with Gasteiger partial charge in [0.15, 0.2) is 0 Å². The molecule has 0 saturated carbocycles. The lowest BCUT2D eigenvalue weighted by Crippen LogP contribution is -2.40. The normalized spacial score (nSPS) is 12.3. The summed E-state index contributed by atoms with van der Waals surface area (Å²) in [5, 5.41) is 8.57. The number of hydrogen-bond acceptors (Lipinski definition) is 3. The van der Waals surface area contributed by atoms with E-state index in [2.05, 4.69) is 10.4 Å². The van der Waals surface area contributed by atoms with Crippen LogP contribution in [0.4, 0.5) is 0 Å². The Balaban J connectivity index is 2.26. The highest BCUT2D eigenvalue weighted by molar-refractivity contribution is 5.80. The van der Waals surface area contributed by atoms with Crippen LogP contribution >= 0.6 is 0 Å². The van der Waals surface area contributed by atoms with Gasteiger partial charge in [-0.2, -0.15) is 5.10 Å². The minimum atomic E-state index is -0.118. The first kappa shape index (κ1) is 14.2. The molecule has 0 bridgehead atoms. The minimum absolute atomic E-state index is 0.00862. The fourth-order valence-electron chi connectivity index (χ4n) is 2.07. The van der Waals surface area contributed by atoms with E-state index in [1.54, 1.807) is 12.3 Å². The maximum atomic E-state index is 12.3. The van der Waals surface area contributed by atoms with Crippen LogP contribution in [0.15, 0.2) is 35.3 Å². The summed E-state index contributed by atoms with van der Waals surface area (Å²) in [4.78, 5) is 23.8. The number of nitrogens with one attached hydrogen (secondary N) is 1. The zero-order valence-electron chi connectivity index (χ0n) is 11.8. The van der Waals surface area contributed by atoms with Gasteiger partial charge in [-0.3, -0.25) is 9.59 Å². The molecule has 1 amide bonds. The second-order valence-electron chi connectivity index (χ2n) is 4.75. The molecule has 1 aromatic heterocycles. The van der Waals surface area contributed by atoms with Crippen LogP contribution in [0.1, 0.15) is 26.7 Å². The Hall–Kier alpha value is -2.17.